The first kappa shape index (κ1) is 21.2. The van der Waals surface area contributed by atoms with E-state index in [0.717, 1.165) is 31.4 Å². The summed E-state index contributed by atoms with van der Waals surface area (Å²) in [6.07, 6.45) is 2.72. The Balaban J connectivity index is 0.00000243. The normalized spacial score (nSPS) is 19.7. The van der Waals surface area contributed by atoms with Gasteiger partial charge in [-0.15, -0.1) is 24.0 Å². The number of aliphatic hydroxyl groups is 1. The molecule has 2 fully saturated rings. The number of nitrogens with zero attached hydrogens (tertiary/aromatic N) is 3. The van der Waals surface area contributed by atoms with E-state index >= 15 is 0 Å². The highest BCUT2D eigenvalue weighted by Crippen LogP contribution is 2.30. The Morgan fingerprint density at radius 3 is 2.54 bits per heavy atom. The van der Waals surface area contributed by atoms with Gasteiger partial charge in [0.25, 0.3) is 0 Å². The number of aliphatic imine (C=N–C) groups is 1. The van der Waals surface area contributed by atoms with Crippen molar-refractivity contribution in [3.8, 4) is 0 Å². The van der Waals surface area contributed by atoms with Crippen molar-refractivity contribution in [3.63, 3.8) is 0 Å². The van der Waals surface area contributed by atoms with Crippen LogP contribution in [0.15, 0.2) is 29.3 Å². The lowest BCUT2D eigenvalue weighted by atomic mass is 9.80. The van der Waals surface area contributed by atoms with Gasteiger partial charge in [-0.3, -0.25) is 9.79 Å². The van der Waals surface area contributed by atoms with Gasteiger partial charge in [-0.25, -0.2) is 0 Å². The first-order valence-corrected chi connectivity index (χ1v) is 9.07. The van der Waals surface area contributed by atoms with E-state index in [1.54, 1.807) is 7.05 Å². The van der Waals surface area contributed by atoms with E-state index in [4.69, 9.17) is 11.6 Å². The molecule has 6 nitrogen and oxygen atoms in total. The van der Waals surface area contributed by atoms with Gasteiger partial charge in [-0.2, -0.15) is 0 Å². The van der Waals surface area contributed by atoms with Gasteiger partial charge >= 0.3 is 0 Å². The molecule has 1 amide bonds. The number of guanidine groups is 1. The molecule has 1 aliphatic carbocycles. The number of halogens is 2. The van der Waals surface area contributed by atoms with Crippen LogP contribution in [0.2, 0.25) is 5.02 Å². The smallest absolute Gasteiger partial charge is 0.242 e. The van der Waals surface area contributed by atoms with Gasteiger partial charge in [-0.1, -0.05) is 23.7 Å². The number of hydrogen-bond acceptors (Lipinski definition) is 3. The molecule has 1 heterocycles. The van der Waals surface area contributed by atoms with Crippen molar-refractivity contribution >= 4 is 47.4 Å². The molecule has 1 saturated heterocycles. The van der Waals surface area contributed by atoms with Crippen molar-refractivity contribution < 1.29 is 9.90 Å². The first-order chi connectivity index (χ1) is 12.0. The van der Waals surface area contributed by atoms with E-state index in [9.17, 15) is 9.90 Å². The molecular formula is C18H26ClIN4O2. The summed E-state index contributed by atoms with van der Waals surface area (Å²) in [6, 6.07) is 7.58. The summed E-state index contributed by atoms with van der Waals surface area (Å²) in [5.41, 5.74) is 0.456. The second-order valence-electron chi connectivity index (χ2n) is 6.84. The Morgan fingerprint density at radius 1 is 1.31 bits per heavy atom. The van der Waals surface area contributed by atoms with Crippen LogP contribution >= 0.6 is 35.6 Å². The quantitative estimate of drug-likeness (QED) is 0.384. The Bertz CT molecular complexity index is 649. The minimum absolute atomic E-state index is 0. The van der Waals surface area contributed by atoms with E-state index < -0.39 is 5.60 Å². The SMILES string of the molecule is CN=C(NCC1(O)CCC1)N1CCN(Cc2ccc(Cl)cc2)C(=O)C1.I. The van der Waals surface area contributed by atoms with Crippen LogP contribution in [-0.4, -0.2) is 65.6 Å². The Morgan fingerprint density at radius 2 is 2.00 bits per heavy atom. The average Bonchev–Trinajstić information content (AvgIpc) is 2.58. The molecule has 0 radical (unpaired) electrons. The third kappa shape index (κ3) is 5.23. The highest BCUT2D eigenvalue weighted by molar-refractivity contribution is 14.0. The molecule has 1 aromatic carbocycles. The van der Waals surface area contributed by atoms with Gasteiger partial charge in [0.15, 0.2) is 5.96 Å². The largest absolute Gasteiger partial charge is 0.388 e. The van der Waals surface area contributed by atoms with Crippen molar-refractivity contribution in [1.82, 2.24) is 15.1 Å². The van der Waals surface area contributed by atoms with Gasteiger partial charge in [0, 0.05) is 38.2 Å². The maximum Gasteiger partial charge on any atom is 0.242 e. The topological polar surface area (TPSA) is 68.2 Å². The van der Waals surface area contributed by atoms with E-state index in [2.05, 4.69) is 10.3 Å². The predicted molar refractivity (Wildman–Crippen MR) is 114 cm³/mol. The van der Waals surface area contributed by atoms with Crippen LogP contribution in [-0.2, 0) is 11.3 Å². The number of rotatable bonds is 4. The molecule has 0 bridgehead atoms. The number of carbonyl (C=O) groups excluding carboxylic acids is 1. The van der Waals surface area contributed by atoms with Crippen molar-refractivity contribution in [2.75, 3.05) is 33.2 Å². The molecule has 8 heteroatoms. The van der Waals surface area contributed by atoms with Gasteiger partial charge in [0.1, 0.15) is 0 Å². The molecule has 0 atom stereocenters. The molecule has 0 unspecified atom stereocenters. The third-order valence-electron chi connectivity index (χ3n) is 4.98. The molecule has 1 saturated carbocycles. The number of amides is 1. The fourth-order valence-corrected chi connectivity index (χ4v) is 3.33. The van der Waals surface area contributed by atoms with E-state index in [1.165, 1.54) is 0 Å². The monoisotopic (exact) mass is 492 g/mol. The number of hydrogen-bond donors (Lipinski definition) is 2. The van der Waals surface area contributed by atoms with Crippen molar-refractivity contribution in [2.24, 2.45) is 4.99 Å². The lowest BCUT2D eigenvalue weighted by Gasteiger charge is -2.39. The van der Waals surface area contributed by atoms with Gasteiger partial charge in [0.05, 0.1) is 12.1 Å². The van der Waals surface area contributed by atoms with Gasteiger partial charge in [-0.05, 0) is 37.0 Å². The maximum absolute atomic E-state index is 12.5. The van der Waals surface area contributed by atoms with Crippen LogP contribution in [0.25, 0.3) is 0 Å². The molecule has 1 aliphatic heterocycles. The molecule has 1 aromatic rings. The number of carbonyl (C=O) groups is 1. The Hall–Kier alpha value is -1.06. The fourth-order valence-electron chi connectivity index (χ4n) is 3.20. The molecule has 0 aromatic heterocycles. The molecular weight excluding hydrogens is 467 g/mol. The minimum atomic E-state index is -0.615. The van der Waals surface area contributed by atoms with Crippen LogP contribution in [0.4, 0.5) is 0 Å². The van der Waals surface area contributed by atoms with Gasteiger partial charge < -0.3 is 20.2 Å². The standard InChI is InChI=1S/C18H25ClN4O2.HI/c1-20-17(21-13-18(25)7-2-8-18)23-10-9-22(16(24)12-23)11-14-3-5-15(19)6-4-14;/h3-6,25H,2,7-13H2,1H3,(H,20,21);1H. The number of nitrogens with one attached hydrogen (secondary N) is 1. The highest BCUT2D eigenvalue weighted by atomic mass is 127. The Labute approximate surface area is 176 Å². The number of piperazine rings is 1. The van der Waals surface area contributed by atoms with Crippen LogP contribution in [0.3, 0.4) is 0 Å². The summed E-state index contributed by atoms with van der Waals surface area (Å²) in [5.74, 6) is 0.756. The zero-order chi connectivity index (χ0) is 17.9. The second-order valence-corrected chi connectivity index (χ2v) is 7.28. The molecule has 26 heavy (non-hydrogen) atoms. The van der Waals surface area contributed by atoms with Crippen LogP contribution in [0.1, 0.15) is 24.8 Å². The summed E-state index contributed by atoms with van der Waals surface area (Å²) in [7, 11) is 1.71. The lowest BCUT2D eigenvalue weighted by Crippen LogP contribution is -2.57. The Kier molecular flexibility index (Phi) is 7.54. The average molecular weight is 493 g/mol. The first-order valence-electron chi connectivity index (χ1n) is 8.69. The highest BCUT2D eigenvalue weighted by Gasteiger charge is 2.35. The molecule has 0 spiro atoms. The van der Waals surface area contributed by atoms with Crippen LogP contribution in [0, 0.1) is 0 Å². The maximum atomic E-state index is 12.5. The van der Waals surface area contributed by atoms with Crippen LogP contribution < -0.4 is 5.32 Å². The molecule has 3 rings (SSSR count). The summed E-state index contributed by atoms with van der Waals surface area (Å²) >= 11 is 5.90. The summed E-state index contributed by atoms with van der Waals surface area (Å²) in [4.78, 5) is 20.6. The van der Waals surface area contributed by atoms with Gasteiger partial charge in [0.2, 0.25) is 5.91 Å². The molecule has 2 aliphatic rings. The summed E-state index contributed by atoms with van der Waals surface area (Å²) in [5, 5.41) is 14.1. The van der Waals surface area contributed by atoms with Crippen molar-refractivity contribution in [3.05, 3.63) is 34.9 Å². The molecule has 144 valence electrons. The summed E-state index contributed by atoms with van der Waals surface area (Å²) in [6.45, 7) is 2.74. The van der Waals surface area contributed by atoms with E-state index in [0.29, 0.717) is 37.2 Å². The van der Waals surface area contributed by atoms with E-state index in [-0.39, 0.29) is 29.9 Å². The van der Waals surface area contributed by atoms with Crippen molar-refractivity contribution in [2.45, 2.75) is 31.4 Å². The minimum Gasteiger partial charge on any atom is -0.388 e. The van der Waals surface area contributed by atoms with Crippen molar-refractivity contribution in [1.29, 1.82) is 0 Å². The summed E-state index contributed by atoms with van der Waals surface area (Å²) < 4.78 is 0. The number of benzene rings is 1. The zero-order valence-electron chi connectivity index (χ0n) is 14.9. The lowest BCUT2D eigenvalue weighted by molar-refractivity contribution is -0.135. The fraction of sp³-hybridized carbons (Fsp3) is 0.556. The van der Waals surface area contributed by atoms with E-state index in [1.807, 2.05) is 34.1 Å². The third-order valence-corrected chi connectivity index (χ3v) is 5.23. The zero-order valence-corrected chi connectivity index (χ0v) is 18.0. The van der Waals surface area contributed by atoms with Crippen LogP contribution in [0.5, 0.6) is 0 Å². The second kappa shape index (κ2) is 9.23. The molecule has 2 N–H and O–H groups in total. The predicted octanol–water partition coefficient (Wildman–Crippen LogP) is 2.09.